The highest BCUT2D eigenvalue weighted by atomic mass is 32.1. The molecule has 0 fully saturated rings. The van der Waals surface area contributed by atoms with E-state index in [1.165, 1.54) is 0 Å². The predicted octanol–water partition coefficient (Wildman–Crippen LogP) is 4.62. The van der Waals surface area contributed by atoms with Gasteiger partial charge >= 0.3 is 0 Å². The van der Waals surface area contributed by atoms with E-state index in [1.807, 2.05) is 19.9 Å². The van der Waals surface area contributed by atoms with Crippen molar-refractivity contribution in [2.24, 2.45) is 0 Å². The maximum absolute atomic E-state index is 13.1. The van der Waals surface area contributed by atoms with Crippen LogP contribution in [0.3, 0.4) is 0 Å². The van der Waals surface area contributed by atoms with Crippen LogP contribution in [0, 0.1) is 3.95 Å². The van der Waals surface area contributed by atoms with Crippen LogP contribution < -0.4 is 20.3 Å². The molecule has 1 amide bonds. The van der Waals surface area contributed by atoms with Crippen LogP contribution in [0.25, 0.3) is 16.6 Å². The molecule has 2 N–H and O–H groups in total. The van der Waals surface area contributed by atoms with Gasteiger partial charge in [0.1, 0.15) is 22.0 Å². The van der Waals surface area contributed by atoms with Crippen LogP contribution in [0.15, 0.2) is 47.3 Å². The minimum absolute atomic E-state index is 0.277. The summed E-state index contributed by atoms with van der Waals surface area (Å²) in [6.45, 7) is 4.70. The van der Waals surface area contributed by atoms with Crippen molar-refractivity contribution in [3.63, 3.8) is 0 Å². The molecule has 4 aromatic rings. The molecule has 0 atom stereocenters. The Kier molecular flexibility index (Phi) is 5.56. The Morgan fingerprint density at radius 3 is 2.70 bits per heavy atom. The molecule has 0 spiro atoms. The summed E-state index contributed by atoms with van der Waals surface area (Å²) >= 11 is 6.62. The summed E-state index contributed by atoms with van der Waals surface area (Å²) in [5.41, 5.74) is 1.23. The van der Waals surface area contributed by atoms with E-state index in [0.717, 1.165) is 11.3 Å². The third-order valence-corrected chi connectivity index (χ3v) is 5.82. The molecule has 2 aromatic heterocycles. The largest absolute Gasteiger partial charge is 0.494 e. The number of aromatic amines is 1. The highest BCUT2D eigenvalue weighted by molar-refractivity contribution is 7.73. The van der Waals surface area contributed by atoms with Crippen molar-refractivity contribution in [2.75, 3.05) is 18.5 Å². The maximum atomic E-state index is 13.1. The molecule has 0 aliphatic heterocycles. The molecular weight excluding hydrogens is 422 g/mol. The number of amides is 1. The number of thiazole rings is 1. The molecular formula is C21H19N3O4S2. The fourth-order valence-corrected chi connectivity index (χ4v) is 4.50. The monoisotopic (exact) mass is 441 g/mol. The Morgan fingerprint density at radius 1 is 1.17 bits per heavy atom. The van der Waals surface area contributed by atoms with E-state index in [0.29, 0.717) is 55.8 Å². The quantitative estimate of drug-likeness (QED) is 0.427. The number of ether oxygens (including phenoxy) is 2. The van der Waals surface area contributed by atoms with E-state index < -0.39 is 5.91 Å². The molecule has 0 aliphatic rings. The van der Waals surface area contributed by atoms with Crippen LogP contribution in [-0.2, 0) is 0 Å². The topological polar surface area (TPSA) is 84.8 Å². The molecule has 154 valence electrons. The number of hydrogen-bond donors (Lipinski definition) is 2. The Bertz CT molecular complexity index is 1370. The van der Waals surface area contributed by atoms with Crippen LogP contribution in [0.4, 0.5) is 5.69 Å². The smallest absolute Gasteiger partial charge is 0.269 e. The first-order valence-corrected chi connectivity index (χ1v) is 10.6. The predicted molar refractivity (Wildman–Crippen MR) is 121 cm³/mol. The lowest BCUT2D eigenvalue weighted by Crippen LogP contribution is -2.15. The molecule has 0 radical (unpaired) electrons. The molecule has 9 heteroatoms. The normalized spacial score (nSPS) is 11.0. The number of para-hydroxylation sites is 1. The van der Waals surface area contributed by atoms with E-state index >= 15 is 0 Å². The molecule has 30 heavy (non-hydrogen) atoms. The first kappa shape index (κ1) is 20.1. The molecule has 4 rings (SSSR count). The van der Waals surface area contributed by atoms with Crippen molar-refractivity contribution in [1.82, 2.24) is 9.38 Å². The molecule has 2 aromatic carbocycles. The summed E-state index contributed by atoms with van der Waals surface area (Å²) in [5.74, 6) is 0.750. The number of rotatable bonds is 6. The third-order valence-electron chi connectivity index (χ3n) is 4.45. The van der Waals surface area contributed by atoms with Crippen LogP contribution in [0.5, 0.6) is 11.5 Å². The van der Waals surface area contributed by atoms with Crippen molar-refractivity contribution in [2.45, 2.75) is 13.8 Å². The van der Waals surface area contributed by atoms with Gasteiger partial charge in [-0.25, -0.2) is 0 Å². The SMILES string of the molecule is CCOc1ccc(OCC)c(NC(=O)c2sc(=S)n3c2[nH]c(=O)c2ccccc23)c1. The van der Waals surface area contributed by atoms with Gasteiger partial charge in [-0.2, -0.15) is 0 Å². The van der Waals surface area contributed by atoms with Gasteiger partial charge < -0.3 is 19.8 Å². The number of carbonyl (C=O) groups is 1. The summed E-state index contributed by atoms with van der Waals surface area (Å²) < 4.78 is 13.3. The van der Waals surface area contributed by atoms with E-state index in [9.17, 15) is 9.59 Å². The zero-order valence-corrected chi connectivity index (χ0v) is 18.0. The highest BCUT2D eigenvalue weighted by Gasteiger charge is 2.19. The summed E-state index contributed by atoms with van der Waals surface area (Å²) in [6.07, 6.45) is 0. The number of nitrogens with one attached hydrogen (secondary N) is 2. The standard InChI is InChI=1S/C21H19N3O4S2/c1-3-27-12-9-10-16(28-4-2)14(11-12)22-20(26)17-18-23-19(25)13-7-5-6-8-15(13)24(18)21(29)30-17/h5-11H,3-4H2,1-2H3,(H,22,26)(H,23,25). The van der Waals surface area contributed by atoms with Gasteiger partial charge in [0.05, 0.1) is 29.8 Å². The number of aromatic nitrogens is 2. The molecule has 0 aliphatic carbocycles. The van der Waals surface area contributed by atoms with Crippen LogP contribution in [0.2, 0.25) is 0 Å². The average molecular weight is 442 g/mol. The van der Waals surface area contributed by atoms with Crippen molar-refractivity contribution < 1.29 is 14.3 Å². The summed E-state index contributed by atoms with van der Waals surface area (Å²) in [7, 11) is 0. The number of fused-ring (bicyclic) bond motifs is 3. The van der Waals surface area contributed by atoms with Gasteiger partial charge in [0.15, 0.2) is 3.95 Å². The van der Waals surface area contributed by atoms with E-state index in [1.54, 1.807) is 40.8 Å². The minimum Gasteiger partial charge on any atom is -0.494 e. The second-order valence-corrected chi connectivity index (χ2v) is 7.97. The molecule has 0 saturated carbocycles. The van der Waals surface area contributed by atoms with Crippen molar-refractivity contribution >= 4 is 51.7 Å². The Labute approximate surface area is 180 Å². The fourth-order valence-electron chi connectivity index (χ4n) is 3.22. The van der Waals surface area contributed by atoms with Gasteiger partial charge in [0.25, 0.3) is 11.5 Å². The highest BCUT2D eigenvalue weighted by Crippen LogP contribution is 2.31. The number of nitrogens with zero attached hydrogens (tertiary/aromatic N) is 1. The summed E-state index contributed by atoms with van der Waals surface area (Å²) in [6, 6.07) is 12.4. The Morgan fingerprint density at radius 2 is 1.93 bits per heavy atom. The molecule has 0 unspecified atom stereocenters. The minimum atomic E-state index is -0.394. The molecule has 0 saturated heterocycles. The second kappa shape index (κ2) is 8.29. The zero-order valence-electron chi connectivity index (χ0n) is 16.4. The fraction of sp³-hybridized carbons (Fsp3) is 0.190. The number of H-pyrrole nitrogens is 1. The number of carbonyl (C=O) groups excluding carboxylic acids is 1. The molecule has 2 heterocycles. The summed E-state index contributed by atoms with van der Waals surface area (Å²) in [5, 5.41) is 3.38. The zero-order chi connectivity index (χ0) is 21.3. The number of hydrogen-bond acceptors (Lipinski definition) is 6. The molecule has 0 bridgehead atoms. The first-order valence-electron chi connectivity index (χ1n) is 9.41. The van der Waals surface area contributed by atoms with Gasteiger partial charge in [0.2, 0.25) is 0 Å². The lowest BCUT2D eigenvalue weighted by atomic mass is 10.2. The van der Waals surface area contributed by atoms with Gasteiger partial charge in [-0.1, -0.05) is 23.5 Å². The lowest BCUT2D eigenvalue weighted by Gasteiger charge is -2.13. The van der Waals surface area contributed by atoms with Crippen LogP contribution in [0.1, 0.15) is 23.5 Å². The van der Waals surface area contributed by atoms with Gasteiger partial charge in [-0.3, -0.25) is 14.0 Å². The Hall–Kier alpha value is -3.17. The lowest BCUT2D eigenvalue weighted by molar-refractivity contribution is 0.103. The molecule has 7 nitrogen and oxygen atoms in total. The van der Waals surface area contributed by atoms with Gasteiger partial charge in [-0.15, -0.1) is 0 Å². The Balaban J connectivity index is 1.81. The van der Waals surface area contributed by atoms with E-state index in [4.69, 9.17) is 21.7 Å². The maximum Gasteiger partial charge on any atom is 0.269 e. The number of anilines is 1. The van der Waals surface area contributed by atoms with Gasteiger partial charge in [-0.05, 0) is 50.3 Å². The summed E-state index contributed by atoms with van der Waals surface area (Å²) in [4.78, 5) is 28.8. The number of benzene rings is 2. The van der Waals surface area contributed by atoms with Crippen LogP contribution in [-0.4, -0.2) is 28.5 Å². The second-order valence-electron chi connectivity index (χ2n) is 6.33. The average Bonchev–Trinajstić information content (AvgIpc) is 3.07. The third kappa shape index (κ3) is 3.57. The van der Waals surface area contributed by atoms with Crippen molar-refractivity contribution in [1.29, 1.82) is 0 Å². The van der Waals surface area contributed by atoms with Gasteiger partial charge in [0, 0.05) is 6.07 Å². The van der Waals surface area contributed by atoms with E-state index in [-0.39, 0.29) is 5.56 Å². The van der Waals surface area contributed by atoms with Crippen LogP contribution >= 0.6 is 23.6 Å². The van der Waals surface area contributed by atoms with E-state index in [2.05, 4.69) is 10.3 Å². The van der Waals surface area contributed by atoms with Crippen molar-refractivity contribution in [3.8, 4) is 11.5 Å². The van der Waals surface area contributed by atoms with Crippen molar-refractivity contribution in [3.05, 3.63) is 61.6 Å². The first-order chi connectivity index (χ1) is 14.5.